The van der Waals surface area contributed by atoms with Crippen LogP contribution >= 0.6 is 0 Å². The van der Waals surface area contributed by atoms with Crippen LogP contribution in [0.1, 0.15) is 18.5 Å². The van der Waals surface area contributed by atoms with Crippen LogP contribution in [-0.4, -0.2) is 19.9 Å². The number of hydrogen-bond acceptors (Lipinski definition) is 4. The summed E-state index contributed by atoms with van der Waals surface area (Å²) in [5.41, 5.74) is 12.8. The van der Waals surface area contributed by atoms with Crippen LogP contribution in [0, 0.1) is 0 Å². The van der Waals surface area contributed by atoms with Gasteiger partial charge in [-0.25, -0.2) is 19.9 Å². The van der Waals surface area contributed by atoms with Crippen molar-refractivity contribution < 1.29 is 0 Å². The first-order valence-electron chi connectivity index (χ1n) is 19.1. The highest BCUT2D eigenvalue weighted by atomic mass is 15.0. The molecule has 0 radical (unpaired) electrons. The molecule has 0 amide bonds. The van der Waals surface area contributed by atoms with Crippen molar-refractivity contribution in [3.05, 3.63) is 200 Å². The van der Waals surface area contributed by atoms with Crippen molar-refractivity contribution in [2.24, 2.45) is 0 Å². The van der Waals surface area contributed by atoms with Crippen LogP contribution < -0.4 is 0 Å². The second-order valence-electron chi connectivity index (χ2n) is 14.1. The van der Waals surface area contributed by atoms with Gasteiger partial charge in [0.1, 0.15) is 0 Å². The molecule has 10 rings (SSSR count). The fourth-order valence-corrected chi connectivity index (χ4v) is 7.72. The van der Waals surface area contributed by atoms with Crippen LogP contribution in [0.3, 0.4) is 0 Å². The summed E-state index contributed by atoms with van der Waals surface area (Å²) in [4.78, 5) is 20.3. The summed E-state index contributed by atoms with van der Waals surface area (Å²) < 4.78 is 0. The Kier molecular flexibility index (Phi) is 8.62. The molecule has 2 aromatic heterocycles. The van der Waals surface area contributed by atoms with Crippen molar-refractivity contribution in [3.63, 3.8) is 0 Å². The van der Waals surface area contributed by atoms with Gasteiger partial charge in [0.15, 0.2) is 17.5 Å². The van der Waals surface area contributed by atoms with Gasteiger partial charge < -0.3 is 0 Å². The number of aromatic nitrogens is 4. The third-order valence-electron chi connectivity index (χ3n) is 10.5. The van der Waals surface area contributed by atoms with Gasteiger partial charge in [-0.3, -0.25) is 0 Å². The normalized spacial score (nSPS) is 12.5. The van der Waals surface area contributed by atoms with E-state index in [1.54, 1.807) is 0 Å². The minimum absolute atomic E-state index is 0.637. The molecular formula is C52H36N4. The molecular weight excluding hydrogens is 681 g/mol. The van der Waals surface area contributed by atoms with Gasteiger partial charge in [0.25, 0.3) is 0 Å². The molecule has 0 N–H and O–H groups in total. The molecule has 4 nitrogen and oxygen atoms in total. The van der Waals surface area contributed by atoms with Gasteiger partial charge >= 0.3 is 0 Å². The lowest BCUT2D eigenvalue weighted by Crippen LogP contribution is -2.00. The highest BCUT2D eigenvalue weighted by molar-refractivity contribution is 6.18. The van der Waals surface area contributed by atoms with Crippen molar-refractivity contribution in [2.75, 3.05) is 0 Å². The summed E-state index contributed by atoms with van der Waals surface area (Å²) in [6.45, 7) is 0. The maximum Gasteiger partial charge on any atom is 0.164 e. The third-order valence-corrected chi connectivity index (χ3v) is 10.5. The standard InChI is InChI=1S/C52H36N4/c1-5-16-36(17-6-1)45-34-47(38-18-7-2-8-19-38)53-49-46(33-42-24-13-14-27-44(42)48(45)49)37-30-28-35(29-31-37)41-25-15-26-43(32-41)52-55-50(39-20-9-3-10-21-39)54-51(56-52)40-22-11-4-12-23-40/h1,3-7,9-34H,2,8H2. The fraction of sp³-hybridized carbons (Fsp3) is 0.0385. The SMILES string of the molecule is C1=CC(c2cc(-c3ccccc3)c3c(n2)c(-c2ccc(-c4cccc(-c5nc(-c6ccccc6)nc(-c6ccccc6)n5)c4)cc2)cc2ccccc23)=CCC1. The predicted molar refractivity (Wildman–Crippen MR) is 232 cm³/mol. The van der Waals surface area contributed by atoms with Gasteiger partial charge in [0.2, 0.25) is 0 Å². The molecule has 1 aliphatic carbocycles. The van der Waals surface area contributed by atoms with E-state index in [4.69, 9.17) is 19.9 Å². The van der Waals surface area contributed by atoms with Crippen LogP contribution in [0.15, 0.2) is 194 Å². The summed E-state index contributed by atoms with van der Waals surface area (Å²) in [5.74, 6) is 1.93. The molecule has 1 aliphatic rings. The van der Waals surface area contributed by atoms with Crippen LogP contribution in [0.25, 0.3) is 94.8 Å². The van der Waals surface area contributed by atoms with Crippen LogP contribution in [-0.2, 0) is 0 Å². The minimum atomic E-state index is 0.637. The zero-order valence-corrected chi connectivity index (χ0v) is 30.7. The number of allylic oxidation sites excluding steroid dienone is 4. The Balaban J connectivity index is 1.09. The first kappa shape index (κ1) is 33.3. The van der Waals surface area contributed by atoms with Gasteiger partial charge in [-0.2, -0.15) is 0 Å². The van der Waals surface area contributed by atoms with E-state index in [-0.39, 0.29) is 0 Å². The van der Waals surface area contributed by atoms with Crippen LogP contribution in [0.2, 0.25) is 0 Å². The van der Waals surface area contributed by atoms with Crippen molar-refractivity contribution in [1.82, 2.24) is 19.9 Å². The third kappa shape index (κ3) is 6.37. The largest absolute Gasteiger partial charge is 0.247 e. The van der Waals surface area contributed by atoms with E-state index < -0.39 is 0 Å². The predicted octanol–water partition coefficient (Wildman–Crippen LogP) is 13.3. The summed E-state index contributed by atoms with van der Waals surface area (Å²) in [6.07, 6.45) is 8.87. The zero-order valence-electron chi connectivity index (χ0n) is 30.7. The van der Waals surface area contributed by atoms with Gasteiger partial charge in [0.05, 0.1) is 11.2 Å². The lowest BCUT2D eigenvalue weighted by atomic mass is 9.89. The van der Waals surface area contributed by atoms with Crippen molar-refractivity contribution >= 4 is 27.2 Å². The molecule has 9 aromatic rings. The van der Waals surface area contributed by atoms with E-state index in [2.05, 4.69) is 133 Å². The molecule has 56 heavy (non-hydrogen) atoms. The number of fused-ring (bicyclic) bond motifs is 3. The Morgan fingerprint density at radius 1 is 0.375 bits per heavy atom. The van der Waals surface area contributed by atoms with E-state index in [1.165, 1.54) is 32.9 Å². The number of pyridine rings is 1. The molecule has 0 spiro atoms. The van der Waals surface area contributed by atoms with Gasteiger partial charge in [-0.1, -0.05) is 176 Å². The molecule has 0 saturated carbocycles. The molecule has 4 heteroatoms. The van der Waals surface area contributed by atoms with E-state index in [0.717, 1.165) is 63.0 Å². The summed E-state index contributed by atoms with van der Waals surface area (Å²) in [5, 5.41) is 3.57. The highest BCUT2D eigenvalue weighted by Crippen LogP contribution is 2.41. The van der Waals surface area contributed by atoms with E-state index >= 15 is 0 Å². The van der Waals surface area contributed by atoms with Crippen molar-refractivity contribution in [3.8, 4) is 67.5 Å². The average molecular weight is 717 g/mol. The monoisotopic (exact) mass is 716 g/mol. The molecule has 0 fully saturated rings. The first-order chi connectivity index (χ1) is 27.7. The van der Waals surface area contributed by atoms with Gasteiger partial charge in [0, 0.05) is 27.6 Å². The molecule has 264 valence electrons. The Labute approximate surface area is 326 Å². The molecule has 0 atom stereocenters. The molecule has 0 aliphatic heterocycles. The zero-order chi connectivity index (χ0) is 37.3. The fourth-order valence-electron chi connectivity index (χ4n) is 7.72. The Bertz CT molecular complexity index is 2880. The first-order valence-corrected chi connectivity index (χ1v) is 19.1. The quantitative estimate of drug-likeness (QED) is 0.154. The summed E-state index contributed by atoms with van der Waals surface area (Å²) in [7, 11) is 0. The van der Waals surface area contributed by atoms with Crippen LogP contribution in [0.5, 0.6) is 0 Å². The van der Waals surface area contributed by atoms with Crippen molar-refractivity contribution in [2.45, 2.75) is 12.8 Å². The van der Waals surface area contributed by atoms with Crippen LogP contribution in [0.4, 0.5) is 0 Å². The second kappa shape index (κ2) is 14.5. The number of nitrogens with zero attached hydrogens (tertiary/aromatic N) is 4. The number of rotatable bonds is 7. The Morgan fingerprint density at radius 3 is 1.59 bits per heavy atom. The highest BCUT2D eigenvalue weighted by Gasteiger charge is 2.18. The average Bonchev–Trinajstić information content (AvgIpc) is 3.29. The molecule has 2 heterocycles. The van der Waals surface area contributed by atoms with Crippen molar-refractivity contribution in [1.29, 1.82) is 0 Å². The molecule has 0 saturated heterocycles. The van der Waals surface area contributed by atoms with E-state index in [1.807, 2.05) is 60.7 Å². The lowest BCUT2D eigenvalue weighted by molar-refractivity contribution is 1.04. The van der Waals surface area contributed by atoms with E-state index in [0.29, 0.717) is 17.5 Å². The molecule has 7 aromatic carbocycles. The van der Waals surface area contributed by atoms with Gasteiger partial charge in [-0.05, 0) is 75.2 Å². The topological polar surface area (TPSA) is 51.6 Å². The Hall–Kier alpha value is -7.30. The maximum absolute atomic E-state index is 5.46. The second-order valence-corrected chi connectivity index (χ2v) is 14.1. The summed E-state index contributed by atoms with van der Waals surface area (Å²) >= 11 is 0. The van der Waals surface area contributed by atoms with E-state index in [9.17, 15) is 0 Å². The van der Waals surface area contributed by atoms with Gasteiger partial charge in [-0.15, -0.1) is 0 Å². The number of benzene rings is 7. The Morgan fingerprint density at radius 2 is 0.929 bits per heavy atom. The smallest absolute Gasteiger partial charge is 0.164 e. The summed E-state index contributed by atoms with van der Waals surface area (Å²) in [6, 6.07) is 61.5. The molecule has 0 unspecified atom stereocenters. The lowest BCUT2D eigenvalue weighted by Gasteiger charge is -2.17. The maximum atomic E-state index is 5.46. The molecule has 0 bridgehead atoms. The number of hydrogen-bond donors (Lipinski definition) is 0. The minimum Gasteiger partial charge on any atom is -0.247 e.